The maximum absolute atomic E-state index is 11.9. The van der Waals surface area contributed by atoms with Crippen LogP contribution in [0.2, 0.25) is 5.02 Å². The molecule has 4 heteroatoms. The summed E-state index contributed by atoms with van der Waals surface area (Å²) in [6, 6.07) is 7.69. The van der Waals surface area contributed by atoms with Crippen molar-refractivity contribution in [2.24, 2.45) is 17.6 Å². The van der Waals surface area contributed by atoms with Gasteiger partial charge in [-0.15, -0.1) is 0 Å². The summed E-state index contributed by atoms with van der Waals surface area (Å²) in [5.74, 6) is 0.449. The van der Waals surface area contributed by atoms with Crippen LogP contribution >= 0.6 is 11.6 Å². The number of hydrogen-bond acceptors (Lipinski definition) is 2. The van der Waals surface area contributed by atoms with Crippen LogP contribution in [0.3, 0.4) is 0 Å². The number of halogens is 1. The smallest absolute Gasteiger partial charge is 0.224 e. The van der Waals surface area contributed by atoms with E-state index < -0.39 is 0 Å². The highest BCUT2D eigenvalue weighted by Gasteiger charge is 2.17. The molecule has 1 aromatic rings. The minimum absolute atomic E-state index is 0.0539. The number of carbonyl (C=O) groups excluding carboxylic acids is 1. The molecule has 3 nitrogen and oxygen atoms in total. The normalized spacial score (nSPS) is 12.5. The van der Waals surface area contributed by atoms with Crippen molar-refractivity contribution in [2.45, 2.75) is 26.7 Å². The highest BCUT2D eigenvalue weighted by atomic mass is 35.5. The molecule has 0 aliphatic heterocycles. The fraction of sp³-hybridized carbons (Fsp3) is 0.533. The molecule has 0 fully saturated rings. The van der Waals surface area contributed by atoms with Crippen LogP contribution in [-0.4, -0.2) is 19.0 Å². The van der Waals surface area contributed by atoms with E-state index in [1.807, 2.05) is 24.3 Å². The first-order chi connectivity index (χ1) is 9.02. The molecule has 0 aromatic heterocycles. The summed E-state index contributed by atoms with van der Waals surface area (Å²) in [5.41, 5.74) is 6.77. The van der Waals surface area contributed by atoms with Gasteiger partial charge < -0.3 is 11.1 Å². The Balaban J connectivity index is 2.37. The third-order valence-electron chi connectivity index (χ3n) is 3.01. The molecule has 0 heterocycles. The Morgan fingerprint density at radius 2 is 2.16 bits per heavy atom. The maximum Gasteiger partial charge on any atom is 0.224 e. The van der Waals surface area contributed by atoms with Gasteiger partial charge in [-0.25, -0.2) is 0 Å². The molecule has 1 aromatic carbocycles. The van der Waals surface area contributed by atoms with Crippen molar-refractivity contribution >= 4 is 17.5 Å². The average molecular weight is 283 g/mol. The second kappa shape index (κ2) is 8.18. The van der Waals surface area contributed by atoms with Gasteiger partial charge in [0.2, 0.25) is 5.91 Å². The van der Waals surface area contributed by atoms with Gasteiger partial charge >= 0.3 is 0 Å². The van der Waals surface area contributed by atoms with Gasteiger partial charge in [-0.3, -0.25) is 4.79 Å². The first-order valence-electron chi connectivity index (χ1n) is 6.75. The van der Waals surface area contributed by atoms with Gasteiger partial charge in [-0.05, 0) is 36.5 Å². The first-order valence-corrected chi connectivity index (χ1v) is 7.13. The van der Waals surface area contributed by atoms with E-state index in [-0.39, 0.29) is 11.8 Å². The Morgan fingerprint density at radius 1 is 1.42 bits per heavy atom. The zero-order valence-electron chi connectivity index (χ0n) is 11.7. The van der Waals surface area contributed by atoms with Gasteiger partial charge in [0, 0.05) is 18.1 Å². The molecule has 0 radical (unpaired) electrons. The lowest BCUT2D eigenvalue weighted by Crippen LogP contribution is -2.36. The molecule has 0 spiro atoms. The lowest BCUT2D eigenvalue weighted by molar-refractivity contribution is -0.125. The van der Waals surface area contributed by atoms with E-state index in [1.165, 1.54) is 0 Å². The van der Waals surface area contributed by atoms with Crippen molar-refractivity contribution in [1.29, 1.82) is 0 Å². The summed E-state index contributed by atoms with van der Waals surface area (Å²) < 4.78 is 0. The first kappa shape index (κ1) is 16.0. The van der Waals surface area contributed by atoms with Gasteiger partial charge in [0.05, 0.1) is 5.92 Å². The average Bonchev–Trinajstić information content (AvgIpc) is 2.35. The van der Waals surface area contributed by atoms with Crippen LogP contribution in [0, 0.1) is 11.8 Å². The Morgan fingerprint density at radius 3 is 2.74 bits per heavy atom. The van der Waals surface area contributed by atoms with Crippen LogP contribution in [0.15, 0.2) is 24.3 Å². The molecule has 1 atom stereocenters. The molecule has 0 saturated heterocycles. The summed E-state index contributed by atoms with van der Waals surface area (Å²) in [6.07, 6.45) is 1.62. The van der Waals surface area contributed by atoms with Crippen molar-refractivity contribution in [3.05, 3.63) is 34.9 Å². The summed E-state index contributed by atoms with van der Waals surface area (Å²) in [4.78, 5) is 11.9. The quantitative estimate of drug-likeness (QED) is 0.808. The summed E-state index contributed by atoms with van der Waals surface area (Å²) >= 11 is 5.91. The lowest BCUT2D eigenvalue weighted by Gasteiger charge is -2.16. The second-order valence-electron chi connectivity index (χ2n) is 5.23. The van der Waals surface area contributed by atoms with Crippen LogP contribution in [0.1, 0.15) is 25.8 Å². The van der Waals surface area contributed by atoms with Crippen LogP contribution in [0.25, 0.3) is 0 Å². The van der Waals surface area contributed by atoms with E-state index in [4.69, 9.17) is 17.3 Å². The van der Waals surface area contributed by atoms with E-state index >= 15 is 0 Å². The summed E-state index contributed by atoms with van der Waals surface area (Å²) in [5, 5.41) is 3.67. The van der Waals surface area contributed by atoms with E-state index in [2.05, 4.69) is 19.2 Å². The van der Waals surface area contributed by atoms with Crippen LogP contribution < -0.4 is 11.1 Å². The molecule has 1 unspecified atom stereocenters. The van der Waals surface area contributed by atoms with Gasteiger partial charge in [0.25, 0.3) is 0 Å². The minimum Gasteiger partial charge on any atom is -0.355 e. The number of carbonyl (C=O) groups is 1. The SMILES string of the molecule is CC(C)CC(CN)C(=O)NCCc1cccc(Cl)c1. The van der Waals surface area contributed by atoms with Crippen LogP contribution in [-0.2, 0) is 11.2 Å². The number of amides is 1. The highest BCUT2D eigenvalue weighted by molar-refractivity contribution is 6.30. The molecular weight excluding hydrogens is 260 g/mol. The second-order valence-corrected chi connectivity index (χ2v) is 5.67. The predicted molar refractivity (Wildman–Crippen MR) is 80.2 cm³/mol. The third-order valence-corrected chi connectivity index (χ3v) is 3.25. The van der Waals surface area contributed by atoms with E-state index in [1.54, 1.807) is 0 Å². The zero-order valence-corrected chi connectivity index (χ0v) is 12.4. The highest BCUT2D eigenvalue weighted by Crippen LogP contribution is 2.12. The Kier molecular flexibility index (Phi) is 6.89. The molecule has 19 heavy (non-hydrogen) atoms. The van der Waals surface area contributed by atoms with Gasteiger partial charge in [0.1, 0.15) is 0 Å². The van der Waals surface area contributed by atoms with Crippen LogP contribution in [0.5, 0.6) is 0 Å². The monoisotopic (exact) mass is 282 g/mol. The maximum atomic E-state index is 11.9. The molecule has 0 saturated carbocycles. The molecule has 1 amide bonds. The summed E-state index contributed by atoms with van der Waals surface area (Å²) in [7, 11) is 0. The molecule has 3 N–H and O–H groups in total. The number of hydrogen-bond donors (Lipinski definition) is 2. The molecule has 106 valence electrons. The largest absolute Gasteiger partial charge is 0.355 e. The fourth-order valence-electron chi connectivity index (χ4n) is 2.05. The van der Waals surface area contributed by atoms with Crippen molar-refractivity contribution in [3.8, 4) is 0 Å². The van der Waals surface area contributed by atoms with E-state index in [0.717, 1.165) is 23.4 Å². The molecule has 1 rings (SSSR count). The topological polar surface area (TPSA) is 55.1 Å². The number of nitrogens with two attached hydrogens (primary N) is 1. The molecule has 0 aliphatic rings. The number of benzene rings is 1. The van der Waals surface area contributed by atoms with Crippen molar-refractivity contribution in [3.63, 3.8) is 0 Å². The molecule has 0 aliphatic carbocycles. The van der Waals surface area contributed by atoms with Gasteiger partial charge in [0.15, 0.2) is 0 Å². The zero-order chi connectivity index (χ0) is 14.3. The van der Waals surface area contributed by atoms with E-state index in [9.17, 15) is 4.79 Å². The van der Waals surface area contributed by atoms with Crippen molar-refractivity contribution in [2.75, 3.05) is 13.1 Å². The third kappa shape index (κ3) is 6.08. The van der Waals surface area contributed by atoms with Crippen molar-refractivity contribution in [1.82, 2.24) is 5.32 Å². The Bertz CT molecular complexity index is 407. The number of nitrogens with one attached hydrogen (secondary N) is 1. The Hall–Kier alpha value is -1.06. The molecular formula is C15H23ClN2O. The van der Waals surface area contributed by atoms with Gasteiger partial charge in [-0.1, -0.05) is 37.6 Å². The fourth-order valence-corrected chi connectivity index (χ4v) is 2.26. The Labute approximate surface area is 120 Å². The minimum atomic E-state index is -0.0839. The van der Waals surface area contributed by atoms with Gasteiger partial charge in [-0.2, -0.15) is 0 Å². The van der Waals surface area contributed by atoms with E-state index in [0.29, 0.717) is 19.0 Å². The lowest BCUT2D eigenvalue weighted by atomic mass is 9.96. The summed E-state index contributed by atoms with van der Waals surface area (Å²) in [6.45, 7) is 5.22. The molecule has 0 bridgehead atoms. The van der Waals surface area contributed by atoms with Crippen molar-refractivity contribution < 1.29 is 4.79 Å². The standard InChI is InChI=1S/C15H23ClN2O/c1-11(2)8-13(10-17)15(19)18-7-6-12-4-3-5-14(16)9-12/h3-5,9,11,13H,6-8,10,17H2,1-2H3,(H,18,19). The number of rotatable bonds is 7. The predicted octanol–water partition coefficient (Wildman–Crippen LogP) is 2.62. The van der Waals surface area contributed by atoms with Crippen LogP contribution in [0.4, 0.5) is 0 Å².